The molecule has 25 heavy (non-hydrogen) atoms. The summed E-state index contributed by atoms with van der Waals surface area (Å²) in [5, 5.41) is 10.1. The van der Waals surface area contributed by atoms with Gasteiger partial charge in [-0.25, -0.2) is 0 Å². The number of ether oxygens (including phenoxy) is 1. The molecule has 1 aromatic carbocycles. The van der Waals surface area contributed by atoms with Gasteiger partial charge in [0, 0.05) is 30.9 Å². The van der Waals surface area contributed by atoms with E-state index >= 15 is 0 Å². The fourth-order valence-corrected chi connectivity index (χ4v) is 3.45. The molecule has 1 atom stereocenters. The van der Waals surface area contributed by atoms with Crippen LogP contribution in [0.3, 0.4) is 0 Å². The summed E-state index contributed by atoms with van der Waals surface area (Å²) in [6, 6.07) is 9.95. The van der Waals surface area contributed by atoms with Crippen LogP contribution in [0.2, 0.25) is 0 Å². The molecule has 2 aromatic rings. The Balaban J connectivity index is 1.43. The number of methoxy groups -OCH3 is 1. The molecule has 6 nitrogen and oxygen atoms in total. The normalized spacial score (nSPS) is 18.0. The van der Waals surface area contributed by atoms with E-state index in [2.05, 4.69) is 20.4 Å². The first kappa shape index (κ1) is 17.5. The number of piperidine rings is 1. The zero-order valence-electron chi connectivity index (χ0n) is 14.7. The second kappa shape index (κ2) is 8.67. The zero-order chi connectivity index (χ0) is 17.5. The molecular weight excluding hydrogens is 316 g/mol. The molecule has 0 unspecified atom stereocenters. The van der Waals surface area contributed by atoms with Gasteiger partial charge in [0.25, 0.3) is 0 Å². The van der Waals surface area contributed by atoms with Gasteiger partial charge in [-0.3, -0.25) is 14.8 Å². The van der Waals surface area contributed by atoms with Crippen LogP contribution in [0.4, 0.5) is 0 Å². The van der Waals surface area contributed by atoms with Crippen molar-refractivity contribution in [3.8, 4) is 5.75 Å². The van der Waals surface area contributed by atoms with E-state index in [1.807, 2.05) is 30.3 Å². The molecule has 1 aliphatic rings. The number of carbonyl (C=O) groups is 1. The molecule has 0 bridgehead atoms. The highest BCUT2D eigenvalue weighted by atomic mass is 16.5. The van der Waals surface area contributed by atoms with Gasteiger partial charge in [0.2, 0.25) is 5.91 Å². The lowest BCUT2D eigenvalue weighted by Gasteiger charge is -2.31. The molecule has 0 spiro atoms. The van der Waals surface area contributed by atoms with Gasteiger partial charge in [0.1, 0.15) is 5.75 Å². The molecule has 0 saturated carbocycles. The largest absolute Gasteiger partial charge is 0.496 e. The molecule has 1 aromatic heterocycles. The van der Waals surface area contributed by atoms with Crippen molar-refractivity contribution in [2.45, 2.75) is 25.2 Å². The highest BCUT2D eigenvalue weighted by Crippen LogP contribution is 2.24. The summed E-state index contributed by atoms with van der Waals surface area (Å²) < 4.78 is 5.34. The number of H-pyrrole nitrogens is 1. The minimum Gasteiger partial charge on any atom is -0.496 e. The number of para-hydroxylation sites is 1. The summed E-state index contributed by atoms with van der Waals surface area (Å²) in [7, 11) is 1.67. The Bertz CT molecular complexity index is 672. The number of hydrogen-bond donors (Lipinski definition) is 2. The summed E-state index contributed by atoms with van der Waals surface area (Å²) in [6.45, 7) is 2.96. The first-order valence-corrected chi connectivity index (χ1v) is 8.86. The quantitative estimate of drug-likeness (QED) is 0.807. The van der Waals surface area contributed by atoms with E-state index in [-0.39, 0.29) is 5.91 Å². The van der Waals surface area contributed by atoms with Crippen LogP contribution in [0.5, 0.6) is 5.75 Å². The van der Waals surface area contributed by atoms with Gasteiger partial charge in [-0.2, -0.15) is 5.10 Å². The van der Waals surface area contributed by atoms with Gasteiger partial charge in [-0.1, -0.05) is 18.2 Å². The summed E-state index contributed by atoms with van der Waals surface area (Å²) in [6.07, 6.45) is 4.82. The van der Waals surface area contributed by atoms with Crippen LogP contribution in [0.15, 0.2) is 36.5 Å². The molecule has 1 amide bonds. The molecule has 2 N–H and O–H groups in total. The van der Waals surface area contributed by atoms with E-state index in [0.717, 1.165) is 43.7 Å². The van der Waals surface area contributed by atoms with Crippen molar-refractivity contribution in [3.63, 3.8) is 0 Å². The Kier molecular flexibility index (Phi) is 6.06. The number of aromatic nitrogens is 2. The molecule has 1 saturated heterocycles. The predicted octanol–water partition coefficient (Wildman–Crippen LogP) is 1.96. The molecule has 2 heterocycles. The number of hydrogen-bond acceptors (Lipinski definition) is 4. The Hall–Kier alpha value is -2.34. The molecule has 1 fully saturated rings. The molecule has 134 valence electrons. The minimum atomic E-state index is 0.0835. The van der Waals surface area contributed by atoms with Gasteiger partial charge in [0.15, 0.2) is 0 Å². The number of nitrogens with one attached hydrogen (secondary N) is 2. The van der Waals surface area contributed by atoms with Crippen molar-refractivity contribution in [1.82, 2.24) is 20.4 Å². The van der Waals surface area contributed by atoms with Crippen molar-refractivity contribution in [1.29, 1.82) is 0 Å². The third kappa shape index (κ3) is 4.82. The monoisotopic (exact) mass is 342 g/mol. The fourth-order valence-electron chi connectivity index (χ4n) is 3.45. The Morgan fingerprint density at radius 1 is 1.40 bits per heavy atom. The van der Waals surface area contributed by atoms with Gasteiger partial charge < -0.3 is 10.1 Å². The van der Waals surface area contributed by atoms with Gasteiger partial charge in [-0.05, 0) is 43.5 Å². The first-order chi connectivity index (χ1) is 12.3. The smallest absolute Gasteiger partial charge is 0.234 e. The second-order valence-electron chi connectivity index (χ2n) is 6.50. The van der Waals surface area contributed by atoms with E-state index in [1.165, 1.54) is 5.69 Å². The molecule has 1 aliphatic heterocycles. The van der Waals surface area contributed by atoms with E-state index < -0.39 is 0 Å². The van der Waals surface area contributed by atoms with Crippen molar-refractivity contribution in [2.24, 2.45) is 0 Å². The Morgan fingerprint density at radius 2 is 2.28 bits per heavy atom. The molecule has 0 radical (unpaired) electrons. The maximum absolute atomic E-state index is 12.2. The van der Waals surface area contributed by atoms with Crippen LogP contribution in [0, 0.1) is 0 Å². The number of nitrogens with zero attached hydrogens (tertiary/aromatic N) is 2. The van der Waals surface area contributed by atoms with E-state index in [9.17, 15) is 4.79 Å². The third-order valence-corrected chi connectivity index (χ3v) is 4.74. The lowest BCUT2D eigenvalue weighted by molar-refractivity contribution is -0.122. The fraction of sp³-hybridized carbons (Fsp3) is 0.474. The molecule has 0 aliphatic carbocycles. The average molecular weight is 342 g/mol. The van der Waals surface area contributed by atoms with E-state index in [4.69, 9.17) is 4.74 Å². The maximum atomic E-state index is 12.2. The summed E-state index contributed by atoms with van der Waals surface area (Å²) in [4.78, 5) is 14.5. The van der Waals surface area contributed by atoms with Crippen LogP contribution in [-0.4, -0.2) is 54.3 Å². The number of aromatic amines is 1. The third-order valence-electron chi connectivity index (χ3n) is 4.74. The lowest BCUT2D eigenvalue weighted by Crippen LogP contribution is -2.42. The van der Waals surface area contributed by atoms with Crippen molar-refractivity contribution >= 4 is 5.91 Å². The standard InChI is InChI=1S/C19H26N4O2/c1-25-18-7-3-2-5-15(18)8-10-20-19(24)14-23-12-4-6-16(13-23)17-9-11-21-22-17/h2-3,5,7,9,11,16H,4,6,8,10,12-14H2,1H3,(H,20,24)(H,21,22)/t16-/m1/s1. The Labute approximate surface area is 148 Å². The molecule has 3 rings (SSSR count). The van der Waals surface area contributed by atoms with Crippen molar-refractivity contribution < 1.29 is 9.53 Å². The summed E-state index contributed by atoms with van der Waals surface area (Å²) >= 11 is 0. The SMILES string of the molecule is COc1ccccc1CCNC(=O)CN1CCC[C@@H](c2ccn[nH]2)C1. The summed E-state index contributed by atoms with van der Waals surface area (Å²) in [5.74, 6) is 1.40. The van der Waals surface area contributed by atoms with Crippen LogP contribution >= 0.6 is 0 Å². The first-order valence-electron chi connectivity index (χ1n) is 8.86. The summed E-state index contributed by atoms with van der Waals surface area (Å²) in [5.41, 5.74) is 2.28. The molecular formula is C19H26N4O2. The topological polar surface area (TPSA) is 70.2 Å². The minimum absolute atomic E-state index is 0.0835. The van der Waals surface area contributed by atoms with Gasteiger partial charge in [0.05, 0.1) is 13.7 Å². The zero-order valence-corrected chi connectivity index (χ0v) is 14.7. The van der Waals surface area contributed by atoms with Crippen LogP contribution < -0.4 is 10.1 Å². The van der Waals surface area contributed by atoms with Crippen LogP contribution in [-0.2, 0) is 11.2 Å². The number of likely N-dealkylation sites (tertiary alicyclic amines) is 1. The predicted molar refractivity (Wildman–Crippen MR) is 96.7 cm³/mol. The van der Waals surface area contributed by atoms with E-state index in [0.29, 0.717) is 19.0 Å². The number of carbonyl (C=O) groups excluding carboxylic acids is 1. The van der Waals surface area contributed by atoms with Gasteiger partial charge >= 0.3 is 0 Å². The lowest BCUT2D eigenvalue weighted by atomic mass is 9.95. The number of rotatable bonds is 7. The van der Waals surface area contributed by atoms with Crippen molar-refractivity contribution in [3.05, 3.63) is 47.8 Å². The van der Waals surface area contributed by atoms with Crippen LogP contribution in [0.1, 0.15) is 30.0 Å². The van der Waals surface area contributed by atoms with Gasteiger partial charge in [-0.15, -0.1) is 0 Å². The van der Waals surface area contributed by atoms with Crippen LogP contribution in [0.25, 0.3) is 0 Å². The average Bonchev–Trinajstić information content (AvgIpc) is 3.17. The maximum Gasteiger partial charge on any atom is 0.234 e. The van der Waals surface area contributed by atoms with Crippen molar-refractivity contribution in [2.75, 3.05) is 33.3 Å². The molecule has 6 heteroatoms. The second-order valence-corrected chi connectivity index (χ2v) is 6.50. The highest BCUT2D eigenvalue weighted by Gasteiger charge is 2.23. The van der Waals surface area contributed by atoms with E-state index in [1.54, 1.807) is 13.3 Å². The highest BCUT2D eigenvalue weighted by molar-refractivity contribution is 5.78. The Morgan fingerprint density at radius 3 is 3.08 bits per heavy atom. The number of benzene rings is 1. The number of amides is 1.